The van der Waals surface area contributed by atoms with E-state index in [2.05, 4.69) is 9.97 Å². The number of aromatic nitrogens is 2. The van der Waals surface area contributed by atoms with E-state index in [4.69, 9.17) is 0 Å². The van der Waals surface area contributed by atoms with Crippen LogP contribution in [0, 0.1) is 26.6 Å². The lowest BCUT2D eigenvalue weighted by molar-refractivity contribution is 0.430. The van der Waals surface area contributed by atoms with E-state index in [1.807, 2.05) is 13.8 Å². The van der Waals surface area contributed by atoms with Crippen LogP contribution < -0.4 is 0 Å². The first-order chi connectivity index (χ1) is 8.02. The van der Waals surface area contributed by atoms with E-state index in [0.717, 1.165) is 22.5 Å². The summed E-state index contributed by atoms with van der Waals surface area (Å²) in [6.45, 7) is 5.35. The lowest BCUT2D eigenvalue weighted by Crippen LogP contribution is -1.97. The van der Waals surface area contributed by atoms with Crippen molar-refractivity contribution in [3.8, 4) is 16.9 Å². The van der Waals surface area contributed by atoms with Gasteiger partial charge in [-0.1, -0.05) is 6.07 Å². The van der Waals surface area contributed by atoms with E-state index in [1.165, 1.54) is 12.4 Å². The molecule has 0 saturated heterocycles. The maximum Gasteiger partial charge on any atom is 0.168 e. The molecule has 0 unspecified atom stereocenters. The van der Waals surface area contributed by atoms with E-state index < -0.39 is 5.82 Å². The van der Waals surface area contributed by atoms with Gasteiger partial charge in [-0.2, -0.15) is 0 Å². The number of hydrogen-bond acceptors (Lipinski definition) is 3. The van der Waals surface area contributed by atoms with Crippen molar-refractivity contribution in [2.24, 2.45) is 0 Å². The zero-order valence-corrected chi connectivity index (χ0v) is 9.95. The molecule has 0 fully saturated rings. The molecule has 2 rings (SSSR count). The third-order valence-corrected chi connectivity index (χ3v) is 2.86. The first-order valence-electron chi connectivity index (χ1n) is 5.29. The Bertz CT molecular complexity index is 562. The largest absolute Gasteiger partial charge is 0.505 e. The van der Waals surface area contributed by atoms with Crippen molar-refractivity contribution in [3.05, 3.63) is 41.2 Å². The van der Waals surface area contributed by atoms with Gasteiger partial charge in [-0.05, 0) is 38.0 Å². The van der Waals surface area contributed by atoms with Crippen molar-refractivity contribution in [3.63, 3.8) is 0 Å². The molecule has 0 aliphatic heterocycles. The van der Waals surface area contributed by atoms with Gasteiger partial charge in [0, 0.05) is 17.0 Å². The SMILES string of the molecule is Cc1ncnc(C)c1-c1ccc(O)c(F)c1C. The summed E-state index contributed by atoms with van der Waals surface area (Å²) in [6.07, 6.45) is 1.49. The molecule has 0 bridgehead atoms. The zero-order valence-electron chi connectivity index (χ0n) is 9.95. The van der Waals surface area contributed by atoms with Crippen LogP contribution in [0.4, 0.5) is 4.39 Å². The highest BCUT2D eigenvalue weighted by Crippen LogP contribution is 2.32. The molecule has 3 nitrogen and oxygen atoms in total. The van der Waals surface area contributed by atoms with Crippen molar-refractivity contribution in [2.45, 2.75) is 20.8 Å². The number of hydrogen-bond donors (Lipinski definition) is 1. The normalized spacial score (nSPS) is 10.6. The summed E-state index contributed by atoms with van der Waals surface area (Å²) < 4.78 is 13.6. The average Bonchev–Trinajstić information content (AvgIpc) is 2.29. The molecule has 1 aromatic heterocycles. The Morgan fingerprint density at radius 3 is 2.24 bits per heavy atom. The van der Waals surface area contributed by atoms with E-state index in [0.29, 0.717) is 5.56 Å². The standard InChI is InChI=1S/C13H13FN2O/c1-7-10(4-5-11(17)13(7)14)12-8(2)15-6-16-9(12)3/h4-6,17H,1-3H3. The van der Waals surface area contributed by atoms with E-state index >= 15 is 0 Å². The molecule has 0 saturated carbocycles. The maximum absolute atomic E-state index is 13.6. The molecule has 2 aromatic rings. The van der Waals surface area contributed by atoms with Gasteiger partial charge in [-0.3, -0.25) is 0 Å². The fourth-order valence-corrected chi connectivity index (χ4v) is 1.92. The molecule has 17 heavy (non-hydrogen) atoms. The van der Waals surface area contributed by atoms with Gasteiger partial charge in [0.1, 0.15) is 6.33 Å². The molecule has 88 valence electrons. The maximum atomic E-state index is 13.6. The molecule has 1 N–H and O–H groups in total. The summed E-state index contributed by atoms with van der Waals surface area (Å²) in [5, 5.41) is 9.30. The number of benzene rings is 1. The summed E-state index contributed by atoms with van der Waals surface area (Å²) in [5.74, 6) is -0.927. The first-order valence-corrected chi connectivity index (χ1v) is 5.29. The Morgan fingerprint density at radius 2 is 1.65 bits per heavy atom. The van der Waals surface area contributed by atoms with Crippen LogP contribution in [-0.2, 0) is 0 Å². The minimum absolute atomic E-state index is 0.335. The minimum atomic E-state index is -0.592. The van der Waals surface area contributed by atoms with Crippen LogP contribution in [0.3, 0.4) is 0 Å². The predicted molar refractivity (Wildman–Crippen MR) is 63.3 cm³/mol. The highest BCUT2D eigenvalue weighted by atomic mass is 19.1. The number of phenols is 1. The molecule has 0 spiro atoms. The second-order valence-electron chi connectivity index (χ2n) is 3.99. The van der Waals surface area contributed by atoms with Crippen LogP contribution in [0.1, 0.15) is 17.0 Å². The molecule has 0 aliphatic rings. The van der Waals surface area contributed by atoms with Crippen LogP contribution in [0.2, 0.25) is 0 Å². The molecule has 0 amide bonds. The van der Waals surface area contributed by atoms with Gasteiger partial charge in [-0.25, -0.2) is 14.4 Å². The van der Waals surface area contributed by atoms with Crippen LogP contribution in [0.5, 0.6) is 5.75 Å². The monoisotopic (exact) mass is 232 g/mol. The zero-order chi connectivity index (χ0) is 12.6. The number of halogens is 1. The fraction of sp³-hybridized carbons (Fsp3) is 0.231. The van der Waals surface area contributed by atoms with Gasteiger partial charge in [0.2, 0.25) is 0 Å². The third kappa shape index (κ3) is 1.86. The van der Waals surface area contributed by atoms with E-state index in [-0.39, 0.29) is 5.75 Å². The average molecular weight is 232 g/mol. The lowest BCUT2D eigenvalue weighted by atomic mass is 9.97. The molecule has 0 aliphatic carbocycles. The van der Waals surface area contributed by atoms with E-state index in [9.17, 15) is 9.50 Å². The van der Waals surface area contributed by atoms with Gasteiger partial charge in [0.25, 0.3) is 0 Å². The van der Waals surface area contributed by atoms with Crippen LogP contribution in [-0.4, -0.2) is 15.1 Å². The fourth-order valence-electron chi connectivity index (χ4n) is 1.92. The Hall–Kier alpha value is -1.97. The van der Waals surface area contributed by atoms with Crippen molar-refractivity contribution in [1.82, 2.24) is 9.97 Å². The summed E-state index contributed by atoms with van der Waals surface area (Å²) in [5.41, 5.74) is 3.54. The molecule has 0 radical (unpaired) electrons. The van der Waals surface area contributed by atoms with Crippen molar-refractivity contribution >= 4 is 0 Å². The molecule has 1 aromatic carbocycles. The molecular formula is C13H13FN2O. The van der Waals surface area contributed by atoms with Gasteiger partial charge < -0.3 is 5.11 Å². The summed E-state index contributed by atoms with van der Waals surface area (Å²) in [6, 6.07) is 3.04. The van der Waals surface area contributed by atoms with Crippen molar-refractivity contribution in [1.29, 1.82) is 0 Å². The van der Waals surface area contributed by atoms with Gasteiger partial charge in [0.15, 0.2) is 11.6 Å². The number of aromatic hydroxyl groups is 1. The summed E-state index contributed by atoms with van der Waals surface area (Å²) in [4.78, 5) is 8.23. The second-order valence-corrected chi connectivity index (χ2v) is 3.99. The first kappa shape index (κ1) is 11.5. The van der Waals surface area contributed by atoms with Crippen LogP contribution >= 0.6 is 0 Å². The Morgan fingerprint density at radius 1 is 1.06 bits per heavy atom. The highest BCUT2D eigenvalue weighted by Gasteiger charge is 2.14. The molecular weight excluding hydrogens is 219 g/mol. The number of phenolic OH excluding ortho intramolecular Hbond substituents is 1. The molecule has 0 atom stereocenters. The summed E-state index contributed by atoms with van der Waals surface area (Å²) >= 11 is 0. The molecule has 1 heterocycles. The second kappa shape index (κ2) is 4.13. The number of rotatable bonds is 1. The Labute approximate surface area is 99.0 Å². The number of nitrogens with zero attached hydrogens (tertiary/aromatic N) is 2. The minimum Gasteiger partial charge on any atom is -0.505 e. The smallest absolute Gasteiger partial charge is 0.168 e. The van der Waals surface area contributed by atoms with Gasteiger partial charge >= 0.3 is 0 Å². The number of aryl methyl sites for hydroxylation is 2. The van der Waals surface area contributed by atoms with Crippen LogP contribution in [0.25, 0.3) is 11.1 Å². The predicted octanol–water partition coefficient (Wildman–Crippen LogP) is 2.91. The third-order valence-electron chi connectivity index (χ3n) is 2.86. The quantitative estimate of drug-likeness (QED) is 0.822. The van der Waals surface area contributed by atoms with Crippen molar-refractivity contribution in [2.75, 3.05) is 0 Å². The highest BCUT2D eigenvalue weighted by molar-refractivity contribution is 5.72. The van der Waals surface area contributed by atoms with Gasteiger partial charge in [0.05, 0.1) is 0 Å². The topological polar surface area (TPSA) is 46.0 Å². The lowest BCUT2D eigenvalue weighted by Gasteiger charge is -2.12. The van der Waals surface area contributed by atoms with E-state index in [1.54, 1.807) is 13.0 Å². The van der Waals surface area contributed by atoms with Gasteiger partial charge in [-0.15, -0.1) is 0 Å². The van der Waals surface area contributed by atoms with Crippen molar-refractivity contribution < 1.29 is 9.50 Å². The Balaban J connectivity index is 2.74. The summed E-state index contributed by atoms with van der Waals surface area (Å²) in [7, 11) is 0. The van der Waals surface area contributed by atoms with Crippen LogP contribution in [0.15, 0.2) is 18.5 Å². The Kier molecular flexibility index (Phi) is 2.79. The molecule has 4 heteroatoms.